The number of nitrogens with one attached hydrogen (secondary N) is 2. The van der Waals surface area contributed by atoms with Crippen molar-refractivity contribution in [2.45, 2.75) is 47.6 Å². The summed E-state index contributed by atoms with van der Waals surface area (Å²) in [7, 11) is 0. The van der Waals surface area contributed by atoms with Crippen LogP contribution in [-0.2, 0) is 6.54 Å². The summed E-state index contributed by atoms with van der Waals surface area (Å²) in [4.78, 5) is 40.2. The van der Waals surface area contributed by atoms with Gasteiger partial charge in [0.25, 0.3) is 11.5 Å². The maximum Gasteiger partial charge on any atom is 0.284 e. The van der Waals surface area contributed by atoms with Crippen molar-refractivity contribution in [1.29, 1.82) is 0 Å². The number of carbonyl (C=O) groups is 1. The van der Waals surface area contributed by atoms with Crippen molar-refractivity contribution in [1.82, 2.24) is 34.4 Å². The zero-order valence-electron chi connectivity index (χ0n) is 24.1. The summed E-state index contributed by atoms with van der Waals surface area (Å²) in [5.41, 5.74) is 1.52. The second kappa shape index (κ2) is 15.0. The lowest BCUT2D eigenvalue weighted by molar-refractivity contribution is 0.0946. The molecule has 0 aliphatic carbocycles. The summed E-state index contributed by atoms with van der Waals surface area (Å²) in [6.07, 6.45) is 5.43. The number of aliphatic hydroxyl groups is 1. The van der Waals surface area contributed by atoms with Crippen LogP contribution in [0.3, 0.4) is 0 Å². The summed E-state index contributed by atoms with van der Waals surface area (Å²) < 4.78 is 3.04. The number of aromatic nitrogens is 6. The number of benzene rings is 1. The van der Waals surface area contributed by atoms with Gasteiger partial charge in [-0.3, -0.25) is 14.2 Å². The zero-order valence-corrected chi connectivity index (χ0v) is 24.8. The third-order valence-corrected chi connectivity index (χ3v) is 6.24. The van der Waals surface area contributed by atoms with Gasteiger partial charge >= 0.3 is 0 Å². The van der Waals surface area contributed by atoms with Crippen LogP contribution in [0.1, 0.15) is 57.2 Å². The standard InChI is InChI=1S/C25H25ClN8O3.2C2H6/c1-2-10-32(23-20-17(24(36)27-9-12-35)13-28-22(20)29-15-30-23)14-19-31-33-11-8-18(26)21(33)25(37)34(19)16-6-4-3-5-7-16;2*1-2/h3-8,11,13,15,35H,2,9-10,12,14H2,1H3,(H,27,36)(H,28,29,30);2*1-2H3. The summed E-state index contributed by atoms with van der Waals surface area (Å²) in [6.45, 7) is 10.8. The number of rotatable bonds is 9. The highest BCUT2D eigenvalue weighted by molar-refractivity contribution is 6.33. The molecule has 0 atom stereocenters. The Morgan fingerprint density at radius 1 is 1.12 bits per heavy atom. The lowest BCUT2D eigenvalue weighted by atomic mass is 10.2. The molecule has 0 aliphatic heterocycles. The first kappa shape index (κ1) is 31.3. The molecule has 1 aromatic carbocycles. The third-order valence-electron chi connectivity index (χ3n) is 5.94. The minimum absolute atomic E-state index is 0.125. The van der Waals surface area contributed by atoms with Gasteiger partial charge in [-0.1, -0.05) is 64.4 Å². The van der Waals surface area contributed by atoms with E-state index in [1.54, 1.807) is 23.0 Å². The van der Waals surface area contributed by atoms with E-state index in [1.807, 2.05) is 69.9 Å². The maximum atomic E-state index is 13.6. The van der Waals surface area contributed by atoms with Crippen LogP contribution in [0.25, 0.3) is 22.2 Å². The van der Waals surface area contributed by atoms with E-state index >= 15 is 0 Å². The van der Waals surface area contributed by atoms with E-state index in [0.29, 0.717) is 45.5 Å². The molecule has 5 rings (SSSR count). The van der Waals surface area contributed by atoms with Gasteiger partial charge in [0.2, 0.25) is 0 Å². The van der Waals surface area contributed by atoms with E-state index in [-0.39, 0.29) is 36.7 Å². The number of fused-ring (bicyclic) bond motifs is 2. The fourth-order valence-corrected chi connectivity index (χ4v) is 4.57. The van der Waals surface area contributed by atoms with Crippen LogP contribution in [0.15, 0.2) is 59.9 Å². The lowest BCUT2D eigenvalue weighted by Crippen LogP contribution is -2.33. The van der Waals surface area contributed by atoms with Crippen LogP contribution < -0.4 is 15.8 Å². The van der Waals surface area contributed by atoms with Gasteiger partial charge in [0, 0.05) is 25.5 Å². The fraction of sp³-hybridized carbons (Fsp3) is 0.345. The molecule has 0 aliphatic rings. The van der Waals surface area contributed by atoms with Crippen LogP contribution in [0.4, 0.5) is 5.82 Å². The Bertz CT molecular complexity index is 1630. The van der Waals surface area contributed by atoms with Gasteiger partial charge in [-0.05, 0) is 24.6 Å². The first-order valence-electron chi connectivity index (χ1n) is 13.8. The third kappa shape index (κ3) is 6.58. The molecule has 3 N–H and O–H groups in total. The van der Waals surface area contributed by atoms with Crippen LogP contribution in [0.2, 0.25) is 5.02 Å². The van der Waals surface area contributed by atoms with Gasteiger partial charge in [0.1, 0.15) is 23.3 Å². The van der Waals surface area contributed by atoms with Crippen molar-refractivity contribution in [3.05, 3.63) is 81.9 Å². The van der Waals surface area contributed by atoms with E-state index in [9.17, 15) is 9.59 Å². The second-order valence-corrected chi connectivity index (χ2v) is 8.78. The molecule has 0 bridgehead atoms. The van der Waals surface area contributed by atoms with Crippen molar-refractivity contribution in [2.24, 2.45) is 0 Å². The summed E-state index contributed by atoms with van der Waals surface area (Å²) in [5.74, 6) is 0.648. The Labute approximate surface area is 243 Å². The molecular weight excluding hydrogens is 544 g/mol. The van der Waals surface area contributed by atoms with Crippen molar-refractivity contribution in [3.8, 4) is 5.69 Å². The number of para-hydroxylation sites is 1. The van der Waals surface area contributed by atoms with Crippen LogP contribution in [0.5, 0.6) is 0 Å². The van der Waals surface area contributed by atoms with E-state index in [1.165, 1.54) is 10.8 Å². The second-order valence-electron chi connectivity index (χ2n) is 8.37. The number of H-pyrrole nitrogens is 1. The average molecular weight is 581 g/mol. The Morgan fingerprint density at radius 2 is 1.85 bits per heavy atom. The number of halogens is 1. The predicted molar refractivity (Wildman–Crippen MR) is 163 cm³/mol. The predicted octanol–water partition coefficient (Wildman–Crippen LogP) is 4.60. The Hall–Kier alpha value is -4.22. The Balaban J connectivity index is 0.00000111. The van der Waals surface area contributed by atoms with Crippen molar-refractivity contribution < 1.29 is 9.90 Å². The van der Waals surface area contributed by atoms with Crippen molar-refractivity contribution in [2.75, 3.05) is 24.6 Å². The van der Waals surface area contributed by atoms with Crippen LogP contribution >= 0.6 is 11.6 Å². The molecule has 0 spiro atoms. The first-order valence-corrected chi connectivity index (χ1v) is 14.2. The smallest absolute Gasteiger partial charge is 0.284 e. The normalized spacial score (nSPS) is 10.5. The summed E-state index contributed by atoms with van der Waals surface area (Å²) in [5, 5.41) is 17.4. The quantitative estimate of drug-likeness (QED) is 0.232. The van der Waals surface area contributed by atoms with Crippen molar-refractivity contribution in [3.63, 3.8) is 0 Å². The molecule has 4 aromatic heterocycles. The molecule has 1 amide bonds. The number of anilines is 1. The highest BCUT2D eigenvalue weighted by Crippen LogP contribution is 2.28. The number of aromatic amines is 1. The zero-order chi connectivity index (χ0) is 29.9. The molecule has 5 aromatic rings. The number of aliphatic hydroxyl groups excluding tert-OH is 1. The van der Waals surface area contributed by atoms with Gasteiger partial charge in [-0.25, -0.2) is 14.5 Å². The van der Waals surface area contributed by atoms with E-state index < -0.39 is 0 Å². The van der Waals surface area contributed by atoms with Crippen LogP contribution in [0, 0.1) is 0 Å². The highest BCUT2D eigenvalue weighted by Gasteiger charge is 2.23. The largest absolute Gasteiger partial charge is 0.395 e. The number of hydrogen-bond donors (Lipinski definition) is 3. The molecule has 41 heavy (non-hydrogen) atoms. The molecule has 0 radical (unpaired) electrons. The lowest BCUT2D eigenvalue weighted by Gasteiger charge is -2.25. The molecule has 0 saturated carbocycles. The molecule has 12 heteroatoms. The maximum absolute atomic E-state index is 13.6. The van der Waals surface area contributed by atoms with E-state index in [0.717, 1.165) is 6.42 Å². The molecule has 218 valence electrons. The first-order chi connectivity index (χ1) is 20.0. The van der Waals surface area contributed by atoms with Gasteiger partial charge in [0.05, 0.1) is 34.8 Å². The molecular formula is C29H37ClN8O3. The fourth-order valence-electron chi connectivity index (χ4n) is 4.35. The van der Waals surface area contributed by atoms with Gasteiger partial charge in [0.15, 0.2) is 5.82 Å². The van der Waals surface area contributed by atoms with E-state index in [4.69, 9.17) is 21.8 Å². The molecule has 0 saturated heterocycles. The summed E-state index contributed by atoms with van der Waals surface area (Å²) in [6, 6.07) is 10.9. The average Bonchev–Trinajstić information content (AvgIpc) is 3.62. The minimum Gasteiger partial charge on any atom is -0.395 e. The monoisotopic (exact) mass is 580 g/mol. The Morgan fingerprint density at radius 3 is 2.54 bits per heavy atom. The number of carbonyl (C=O) groups excluding carboxylic acids is 1. The van der Waals surface area contributed by atoms with Gasteiger partial charge in [-0.15, -0.1) is 0 Å². The highest BCUT2D eigenvalue weighted by atomic mass is 35.5. The topological polar surface area (TPSA) is 133 Å². The molecule has 0 unspecified atom stereocenters. The molecule has 11 nitrogen and oxygen atoms in total. The molecule has 0 fully saturated rings. The number of amides is 1. The Kier molecular flexibility index (Phi) is 11.4. The molecule has 4 heterocycles. The summed E-state index contributed by atoms with van der Waals surface area (Å²) >= 11 is 6.32. The van der Waals surface area contributed by atoms with E-state index in [2.05, 4.69) is 20.3 Å². The van der Waals surface area contributed by atoms with Gasteiger partial charge in [-0.2, -0.15) is 5.10 Å². The number of hydrogen-bond acceptors (Lipinski definition) is 7. The number of nitrogens with zero attached hydrogens (tertiary/aromatic N) is 6. The minimum atomic E-state index is -0.351. The van der Waals surface area contributed by atoms with Crippen LogP contribution in [-0.4, -0.2) is 59.8 Å². The van der Waals surface area contributed by atoms with Gasteiger partial charge < -0.3 is 20.3 Å². The SMILES string of the molecule is CC.CC.CCCN(Cc1nn2ccc(Cl)c2c(=O)n1-c1ccccc1)c1ncnc2[nH]cc(C(=O)NCCO)c12. The van der Waals surface area contributed by atoms with Crippen molar-refractivity contribution >= 4 is 39.9 Å².